The Hall–Kier alpha value is -1.81. The van der Waals surface area contributed by atoms with Crippen LogP contribution in [0.2, 0.25) is 0 Å². The summed E-state index contributed by atoms with van der Waals surface area (Å²) in [4.78, 5) is 25.7. The number of benzene rings is 1. The molecule has 7 nitrogen and oxygen atoms in total. The lowest BCUT2D eigenvalue weighted by molar-refractivity contribution is -0.136. The first-order chi connectivity index (χ1) is 11.0. The summed E-state index contributed by atoms with van der Waals surface area (Å²) in [6, 6.07) is 5.33. The lowest BCUT2D eigenvalue weighted by Crippen LogP contribution is -2.31. The molecular weight excluding hydrogens is 415 g/mol. The molecule has 0 spiro atoms. The zero-order valence-corrected chi connectivity index (χ0v) is 14.9. The second kappa shape index (κ2) is 7.64. The highest BCUT2D eigenvalue weighted by molar-refractivity contribution is 14.1. The summed E-state index contributed by atoms with van der Waals surface area (Å²) in [5.74, 6) is -0.187. The number of methoxy groups -OCH3 is 2. The highest BCUT2D eigenvalue weighted by Gasteiger charge is 2.34. The van der Waals surface area contributed by atoms with Gasteiger partial charge in [0.15, 0.2) is 0 Å². The Morgan fingerprint density at radius 2 is 2.17 bits per heavy atom. The molecule has 0 aliphatic carbocycles. The molecule has 0 unspecified atom stereocenters. The standard InChI is InChI=1S/C15H17IN2O5/c1-22-12-4-3-9(7-11(12)16)17-13-10(15(21)23-2)8-18(5-6-19)14(13)20/h3-4,7,17,19H,5-6,8H2,1-2H3. The van der Waals surface area contributed by atoms with E-state index < -0.39 is 5.97 Å². The number of ether oxygens (including phenoxy) is 2. The monoisotopic (exact) mass is 432 g/mol. The van der Waals surface area contributed by atoms with E-state index in [4.69, 9.17) is 14.6 Å². The number of halogens is 1. The second-order valence-corrected chi connectivity index (χ2v) is 5.93. The minimum absolute atomic E-state index is 0.113. The van der Waals surface area contributed by atoms with Crippen LogP contribution in [0.1, 0.15) is 0 Å². The summed E-state index contributed by atoms with van der Waals surface area (Å²) in [5.41, 5.74) is 1.08. The molecule has 0 radical (unpaired) electrons. The third kappa shape index (κ3) is 3.75. The fourth-order valence-electron chi connectivity index (χ4n) is 2.24. The molecule has 0 atom stereocenters. The number of carbonyl (C=O) groups excluding carboxylic acids is 2. The SMILES string of the molecule is COC(=O)C1=C(Nc2ccc(OC)c(I)c2)C(=O)N(CCO)C1. The maximum atomic E-state index is 12.4. The van der Waals surface area contributed by atoms with Gasteiger partial charge < -0.3 is 24.8 Å². The fraction of sp³-hybridized carbons (Fsp3) is 0.333. The summed E-state index contributed by atoms with van der Waals surface area (Å²) in [7, 11) is 2.85. The molecule has 0 aromatic heterocycles. The quantitative estimate of drug-likeness (QED) is 0.515. The number of β-amino-alcohol motifs (C(OH)–C–C–N with tert-alkyl or cyclic N) is 1. The van der Waals surface area contributed by atoms with Crippen LogP contribution in [0.25, 0.3) is 0 Å². The van der Waals surface area contributed by atoms with Crippen LogP contribution in [0, 0.1) is 3.57 Å². The Bertz CT molecular complexity index is 659. The maximum absolute atomic E-state index is 12.4. The molecule has 1 aliphatic heterocycles. The van der Waals surface area contributed by atoms with Crippen LogP contribution in [-0.2, 0) is 14.3 Å². The number of nitrogens with one attached hydrogen (secondary N) is 1. The van der Waals surface area contributed by atoms with Crippen LogP contribution in [-0.4, -0.2) is 55.8 Å². The van der Waals surface area contributed by atoms with Crippen molar-refractivity contribution >= 4 is 40.2 Å². The van der Waals surface area contributed by atoms with Crippen molar-refractivity contribution in [2.75, 3.05) is 39.2 Å². The number of hydrogen-bond acceptors (Lipinski definition) is 6. The van der Waals surface area contributed by atoms with Crippen LogP contribution in [0.5, 0.6) is 5.75 Å². The molecule has 1 heterocycles. The third-order valence-electron chi connectivity index (χ3n) is 3.37. The van der Waals surface area contributed by atoms with Gasteiger partial charge in [0.25, 0.3) is 5.91 Å². The second-order valence-electron chi connectivity index (χ2n) is 4.77. The zero-order valence-electron chi connectivity index (χ0n) is 12.8. The molecule has 0 bridgehead atoms. The molecule has 124 valence electrons. The Morgan fingerprint density at radius 1 is 1.43 bits per heavy atom. The third-order valence-corrected chi connectivity index (χ3v) is 4.22. The van der Waals surface area contributed by atoms with E-state index in [1.54, 1.807) is 19.2 Å². The van der Waals surface area contributed by atoms with Gasteiger partial charge in [-0.2, -0.15) is 0 Å². The Labute approximate surface area is 147 Å². The number of amides is 1. The van der Waals surface area contributed by atoms with Crippen molar-refractivity contribution in [3.05, 3.63) is 33.0 Å². The summed E-state index contributed by atoms with van der Waals surface area (Å²) >= 11 is 2.12. The largest absolute Gasteiger partial charge is 0.496 e. The lowest BCUT2D eigenvalue weighted by Gasteiger charge is -2.15. The fourth-order valence-corrected chi connectivity index (χ4v) is 2.97. The summed E-state index contributed by atoms with van der Waals surface area (Å²) < 4.78 is 10.8. The van der Waals surface area contributed by atoms with Gasteiger partial charge in [-0.1, -0.05) is 0 Å². The number of anilines is 1. The molecular formula is C15H17IN2O5. The average molecular weight is 432 g/mol. The van der Waals surface area contributed by atoms with Crippen LogP contribution in [0.15, 0.2) is 29.5 Å². The van der Waals surface area contributed by atoms with Crippen molar-refractivity contribution in [3.8, 4) is 5.75 Å². The molecule has 1 aliphatic rings. The number of aliphatic hydroxyl groups excluding tert-OH is 1. The molecule has 2 N–H and O–H groups in total. The van der Waals surface area contributed by atoms with Crippen molar-refractivity contribution in [1.82, 2.24) is 4.90 Å². The zero-order chi connectivity index (χ0) is 17.0. The summed E-state index contributed by atoms with van der Waals surface area (Å²) in [6.07, 6.45) is 0. The molecule has 0 saturated heterocycles. The molecule has 23 heavy (non-hydrogen) atoms. The van der Waals surface area contributed by atoms with Crippen LogP contribution < -0.4 is 10.1 Å². The van der Waals surface area contributed by atoms with Gasteiger partial charge in [-0.25, -0.2) is 4.79 Å². The predicted molar refractivity (Wildman–Crippen MR) is 92.0 cm³/mol. The van der Waals surface area contributed by atoms with E-state index in [1.807, 2.05) is 6.07 Å². The highest BCUT2D eigenvalue weighted by Crippen LogP contribution is 2.27. The first-order valence-corrected chi connectivity index (χ1v) is 7.91. The predicted octanol–water partition coefficient (Wildman–Crippen LogP) is 0.973. The Kier molecular flexibility index (Phi) is 5.83. The first kappa shape index (κ1) is 17.5. The molecule has 0 saturated carbocycles. The first-order valence-electron chi connectivity index (χ1n) is 6.84. The van der Waals surface area contributed by atoms with Gasteiger partial charge >= 0.3 is 5.97 Å². The van der Waals surface area contributed by atoms with E-state index in [1.165, 1.54) is 12.0 Å². The number of hydrogen-bond donors (Lipinski definition) is 2. The highest BCUT2D eigenvalue weighted by atomic mass is 127. The number of aliphatic hydroxyl groups is 1. The Morgan fingerprint density at radius 3 is 2.74 bits per heavy atom. The number of esters is 1. The Balaban J connectivity index is 2.31. The molecule has 2 rings (SSSR count). The number of rotatable bonds is 6. The maximum Gasteiger partial charge on any atom is 0.337 e. The van der Waals surface area contributed by atoms with Crippen LogP contribution in [0.3, 0.4) is 0 Å². The summed E-state index contributed by atoms with van der Waals surface area (Å²) in [6.45, 7) is 0.0974. The van der Waals surface area contributed by atoms with Crippen molar-refractivity contribution in [2.45, 2.75) is 0 Å². The summed E-state index contributed by atoms with van der Waals surface area (Å²) in [5, 5.41) is 12.0. The topological polar surface area (TPSA) is 88.1 Å². The smallest absolute Gasteiger partial charge is 0.337 e. The number of nitrogens with zero attached hydrogens (tertiary/aromatic N) is 1. The van der Waals surface area contributed by atoms with Gasteiger partial charge in [-0.3, -0.25) is 4.79 Å². The van der Waals surface area contributed by atoms with Crippen molar-refractivity contribution in [2.24, 2.45) is 0 Å². The molecule has 8 heteroatoms. The van der Waals surface area contributed by atoms with Crippen LogP contribution >= 0.6 is 22.6 Å². The van der Waals surface area contributed by atoms with Crippen molar-refractivity contribution in [1.29, 1.82) is 0 Å². The molecule has 0 fully saturated rings. The van der Waals surface area contributed by atoms with Gasteiger partial charge in [0, 0.05) is 12.2 Å². The van der Waals surface area contributed by atoms with E-state index in [2.05, 4.69) is 27.9 Å². The van der Waals surface area contributed by atoms with E-state index in [0.717, 1.165) is 9.32 Å². The van der Waals surface area contributed by atoms with Crippen molar-refractivity contribution < 1.29 is 24.2 Å². The average Bonchev–Trinajstić information content (AvgIpc) is 2.84. The van der Waals surface area contributed by atoms with E-state index in [-0.39, 0.29) is 36.9 Å². The van der Waals surface area contributed by atoms with E-state index in [9.17, 15) is 9.59 Å². The number of carbonyl (C=O) groups is 2. The van der Waals surface area contributed by atoms with Gasteiger partial charge in [-0.05, 0) is 40.8 Å². The minimum Gasteiger partial charge on any atom is -0.496 e. The van der Waals surface area contributed by atoms with Gasteiger partial charge in [0.05, 0.1) is 36.5 Å². The van der Waals surface area contributed by atoms with E-state index >= 15 is 0 Å². The van der Waals surface area contributed by atoms with E-state index in [0.29, 0.717) is 5.69 Å². The van der Waals surface area contributed by atoms with Gasteiger partial charge in [0.2, 0.25) is 0 Å². The normalized spacial score (nSPS) is 14.3. The molecule has 1 aromatic rings. The van der Waals surface area contributed by atoms with Crippen molar-refractivity contribution in [3.63, 3.8) is 0 Å². The van der Waals surface area contributed by atoms with Gasteiger partial charge in [-0.15, -0.1) is 0 Å². The molecule has 1 amide bonds. The van der Waals surface area contributed by atoms with Gasteiger partial charge in [0.1, 0.15) is 11.4 Å². The van der Waals surface area contributed by atoms with Crippen LogP contribution in [0.4, 0.5) is 5.69 Å². The molecule has 1 aromatic carbocycles. The minimum atomic E-state index is -0.565. The lowest BCUT2D eigenvalue weighted by atomic mass is 10.2.